The molecule has 0 fully saturated rings. The molecule has 45 heavy (non-hydrogen) atoms. The average Bonchev–Trinajstić information content (AvgIpc) is 3.78. The van der Waals surface area contributed by atoms with Gasteiger partial charge in [0.1, 0.15) is 17.1 Å². The summed E-state index contributed by atoms with van der Waals surface area (Å²) in [7, 11) is 0. The maximum atomic E-state index is 11.8. The van der Waals surface area contributed by atoms with E-state index in [1.54, 1.807) is 23.0 Å². The lowest BCUT2D eigenvalue weighted by Gasteiger charge is -2.06. The van der Waals surface area contributed by atoms with Crippen LogP contribution in [0.1, 0.15) is 0 Å². The van der Waals surface area contributed by atoms with Gasteiger partial charge in [-0.05, 0) is 48.6 Å². The number of nitrogens with zero attached hydrogens (tertiary/aromatic N) is 8. The van der Waals surface area contributed by atoms with E-state index in [1.165, 1.54) is 52.8 Å². The molecule has 3 aromatic carbocycles. The molecule has 0 saturated carbocycles. The lowest BCUT2D eigenvalue weighted by molar-refractivity contribution is -0.385. The minimum Gasteiger partial charge on any atom is -0.504 e. The van der Waals surface area contributed by atoms with Crippen molar-refractivity contribution in [3.05, 3.63) is 105 Å². The lowest BCUT2D eigenvalue weighted by atomic mass is 10.0. The first kappa shape index (κ1) is 29.1. The number of aromatic hydroxyl groups is 1. The molecule has 0 amide bonds. The quantitative estimate of drug-likeness (QED) is 0.126. The number of nitro benzene ring substituents is 2. The topological polar surface area (TPSA) is 205 Å². The van der Waals surface area contributed by atoms with Gasteiger partial charge in [0, 0.05) is 41.6 Å². The molecule has 4 N–H and O–H groups in total. The highest BCUT2D eigenvalue weighted by molar-refractivity contribution is 8.14. The molecule has 0 atom stereocenters. The summed E-state index contributed by atoms with van der Waals surface area (Å²) >= 11 is 6.10. The van der Waals surface area contributed by atoms with Gasteiger partial charge >= 0.3 is 0 Å². The number of para-hydroxylation sites is 1. The number of benzene rings is 3. The maximum Gasteiger partial charge on any atom is 0.269 e. The second-order valence-corrected chi connectivity index (χ2v) is 10.8. The predicted molar refractivity (Wildman–Crippen MR) is 173 cm³/mol. The number of nitrogens with one attached hydrogen (secondary N) is 1. The van der Waals surface area contributed by atoms with Crippen LogP contribution in [-0.2, 0) is 0 Å². The number of non-ortho nitro benzene ring substituents is 2. The summed E-state index contributed by atoms with van der Waals surface area (Å²) in [5.74, 6) is 0.479. The van der Waals surface area contributed by atoms with E-state index in [1.807, 2.05) is 30.3 Å². The van der Waals surface area contributed by atoms with Crippen molar-refractivity contribution in [3.63, 3.8) is 0 Å². The van der Waals surface area contributed by atoms with Crippen LogP contribution < -0.4 is 11.2 Å². The third-order valence-electron chi connectivity index (χ3n) is 6.59. The van der Waals surface area contributed by atoms with Gasteiger partial charge in [-0.2, -0.15) is 15.3 Å². The Hall–Kier alpha value is -5.94. The first-order valence-corrected chi connectivity index (χ1v) is 14.4. The molecule has 1 aliphatic rings. The van der Waals surface area contributed by atoms with Crippen molar-refractivity contribution in [3.8, 4) is 45.2 Å². The van der Waals surface area contributed by atoms with E-state index in [0.717, 1.165) is 5.69 Å². The zero-order valence-electron chi connectivity index (χ0n) is 22.8. The smallest absolute Gasteiger partial charge is 0.269 e. The Bertz CT molecular complexity index is 2020. The monoisotopic (exact) mass is 640 g/mol. The minimum atomic E-state index is -0.519. The molecule has 0 radical (unpaired) electrons. The molecule has 0 spiro atoms. The normalized spacial score (nSPS) is 13.5. The Kier molecular flexibility index (Phi) is 7.76. The van der Waals surface area contributed by atoms with Crippen molar-refractivity contribution in [1.82, 2.24) is 25.0 Å². The summed E-state index contributed by atoms with van der Waals surface area (Å²) in [6.45, 7) is 0. The Labute approximate surface area is 263 Å². The van der Waals surface area contributed by atoms with Gasteiger partial charge in [0.2, 0.25) is 0 Å². The summed E-state index contributed by atoms with van der Waals surface area (Å²) in [5.41, 5.74) is 10.6. The summed E-state index contributed by atoms with van der Waals surface area (Å²) in [4.78, 5) is 26.1. The van der Waals surface area contributed by atoms with E-state index in [4.69, 9.17) is 28.1 Å². The zero-order chi connectivity index (χ0) is 31.7. The van der Waals surface area contributed by atoms with Gasteiger partial charge < -0.3 is 10.8 Å². The van der Waals surface area contributed by atoms with E-state index in [0.29, 0.717) is 39.1 Å². The van der Waals surface area contributed by atoms with Gasteiger partial charge in [-0.25, -0.2) is 14.4 Å². The molecular formula is C28H20N10O5S2. The first-order chi connectivity index (χ1) is 21.7. The highest BCUT2D eigenvalue weighted by Crippen LogP contribution is 2.43. The van der Waals surface area contributed by atoms with Gasteiger partial charge in [0.05, 0.1) is 26.9 Å². The van der Waals surface area contributed by atoms with Crippen LogP contribution in [0.5, 0.6) is 5.75 Å². The number of hydrogen-bond donors (Lipinski definition) is 3. The second-order valence-electron chi connectivity index (χ2n) is 9.42. The zero-order valence-corrected chi connectivity index (χ0v) is 24.5. The summed E-state index contributed by atoms with van der Waals surface area (Å²) < 4.78 is 3.04. The largest absolute Gasteiger partial charge is 0.504 e. The van der Waals surface area contributed by atoms with Crippen LogP contribution in [0, 0.1) is 20.2 Å². The van der Waals surface area contributed by atoms with Crippen molar-refractivity contribution >= 4 is 51.5 Å². The molecule has 0 saturated heterocycles. The highest BCUT2D eigenvalue weighted by atomic mass is 32.2. The van der Waals surface area contributed by atoms with Crippen LogP contribution in [-0.4, -0.2) is 56.4 Å². The van der Waals surface area contributed by atoms with Crippen molar-refractivity contribution in [1.29, 1.82) is 0 Å². The average molecular weight is 641 g/mol. The molecule has 6 rings (SSSR count). The van der Waals surface area contributed by atoms with Gasteiger partial charge in [-0.15, -0.1) is 0 Å². The predicted octanol–water partition coefficient (Wildman–Crippen LogP) is 4.69. The standard InChI is InChI=1S/C28H20N10O5S2/c29-27(44)32-31-22-15-45-28(30-22)36-25(17-8-12-20(13-9-17)38(42)43)26(39)24(34-36)21-14-35(18-4-2-1-3-5-18)33-23(21)16-6-10-19(11-7-16)37(40)41/h1-14,39H,15H2,(H3,29,32,44)/b31-22+. The number of thioether (sulfide) groups is 1. The number of aromatic nitrogens is 4. The number of rotatable bonds is 7. The Morgan fingerprint density at radius 2 is 1.56 bits per heavy atom. The van der Waals surface area contributed by atoms with E-state index in [2.05, 4.69) is 15.5 Å². The fraction of sp³-hybridized carbons (Fsp3) is 0.0357. The molecule has 1 aliphatic heterocycles. The summed E-state index contributed by atoms with van der Waals surface area (Å²) in [6.07, 6.45) is 1.70. The van der Waals surface area contributed by atoms with Gasteiger partial charge in [-0.1, -0.05) is 30.0 Å². The van der Waals surface area contributed by atoms with E-state index in [9.17, 15) is 25.3 Å². The van der Waals surface area contributed by atoms with Crippen LogP contribution >= 0.6 is 24.0 Å². The molecule has 224 valence electrons. The van der Waals surface area contributed by atoms with Gasteiger partial charge in [0.15, 0.2) is 21.9 Å². The van der Waals surface area contributed by atoms with Crippen LogP contribution in [0.25, 0.3) is 39.5 Å². The molecule has 5 aromatic rings. The number of amidine groups is 1. The van der Waals surface area contributed by atoms with Crippen LogP contribution in [0.2, 0.25) is 0 Å². The van der Waals surface area contributed by atoms with Gasteiger partial charge in [0.25, 0.3) is 11.4 Å². The Balaban J connectivity index is 1.56. The number of nitro groups is 2. The number of thiocarbonyl (C=S) groups is 1. The molecule has 15 nitrogen and oxygen atoms in total. The van der Waals surface area contributed by atoms with E-state index >= 15 is 0 Å². The fourth-order valence-electron chi connectivity index (χ4n) is 4.53. The molecule has 2 aromatic heterocycles. The van der Waals surface area contributed by atoms with Crippen LogP contribution in [0.3, 0.4) is 0 Å². The van der Waals surface area contributed by atoms with Gasteiger partial charge in [-0.3, -0.25) is 25.7 Å². The molecule has 17 heteroatoms. The maximum absolute atomic E-state index is 11.8. The SMILES string of the molecule is NC(=S)N/N=C1\CSC(n2nc(-c3cn(-c4ccccc4)nc3-c3ccc([N+](=O)[O-])cc3)c(O)c2-c2ccc([N+](=O)[O-])cc2)=N1. The molecule has 0 bridgehead atoms. The van der Waals surface area contributed by atoms with Crippen molar-refractivity contribution in [2.75, 3.05) is 5.75 Å². The number of hydrogen-bond acceptors (Lipinski definition) is 10. The number of nitrogens with two attached hydrogens (primary N) is 1. The Morgan fingerprint density at radius 3 is 2.16 bits per heavy atom. The van der Waals surface area contributed by atoms with E-state index < -0.39 is 9.85 Å². The fourth-order valence-corrected chi connectivity index (χ4v) is 5.39. The first-order valence-electron chi connectivity index (χ1n) is 13.0. The second kappa shape index (κ2) is 12.0. The Morgan fingerprint density at radius 1 is 0.933 bits per heavy atom. The molecule has 3 heterocycles. The number of hydrazone groups is 1. The van der Waals surface area contributed by atoms with Crippen LogP contribution in [0.4, 0.5) is 11.4 Å². The van der Waals surface area contributed by atoms with Crippen molar-refractivity contribution in [2.24, 2.45) is 15.8 Å². The summed E-state index contributed by atoms with van der Waals surface area (Å²) in [6, 6.07) is 20.8. The van der Waals surface area contributed by atoms with Crippen molar-refractivity contribution < 1.29 is 15.0 Å². The minimum absolute atomic E-state index is 0.0315. The molecule has 0 unspecified atom stereocenters. The van der Waals surface area contributed by atoms with E-state index in [-0.39, 0.29) is 33.6 Å². The molecule has 0 aliphatic carbocycles. The number of aliphatic imine (C=N–C) groups is 1. The third kappa shape index (κ3) is 5.84. The lowest BCUT2D eigenvalue weighted by Crippen LogP contribution is -2.25. The van der Waals surface area contributed by atoms with Crippen molar-refractivity contribution in [2.45, 2.75) is 0 Å². The third-order valence-corrected chi connectivity index (χ3v) is 7.60. The summed E-state index contributed by atoms with van der Waals surface area (Å²) in [5, 5.41) is 48.3. The van der Waals surface area contributed by atoms with Crippen LogP contribution in [0.15, 0.2) is 95.2 Å². The molecular weight excluding hydrogens is 621 g/mol. The highest BCUT2D eigenvalue weighted by Gasteiger charge is 2.29.